The number of likely N-dealkylation sites (N-methyl/N-ethyl adjacent to an activating group) is 1. The first-order chi connectivity index (χ1) is 9.89. The SMILES string of the molecule is Cc1ccccc1OCCN(C)[C@H]1CCC[C@@H]1S(C)(=O)=O. The number of para-hydroxylation sites is 1. The highest BCUT2D eigenvalue weighted by atomic mass is 32.2. The van der Waals surface area contributed by atoms with E-state index < -0.39 is 9.84 Å². The summed E-state index contributed by atoms with van der Waals surface area (Å²) in [7, 11) is -0.968. The van der Waals surface area contributed by atoms with Crippen LogP contribution in [0.25, 0.3) is 0 Å². The highest BCUT2D eigenvalue weighted by Gasteiger charge is 2.36. The van der Waals surface area contributed by atoms with E-state index in [1.54, 1.807) is 0 Å². The molecule has 1 aromatic carbocycles. The fraction of sp³-hybridized carbons (Fsp3) is 0.625. The van der Waals surface area contributed by atoms with Crippen LogP contribution >= 0.6 is 0 Å². The lowest BCUT2D eigenvalue weighted by Crippen LogP contribution is -2.43. The summed E-state index contributed by atoms with van der Waals surface area (Å²) in [6, 6.07) is 8.06. The van der Waals surface area contributed by atoms with Gasteiger partial charge in [-0.05, 0) is 38.4 Å². The summed E-state index contributed by atoms with van der Waals surface area (Å²) in [6.07, 6.45) is 4.09. The van der Waals surface area contributed by atoms with E-state index >= 15 is 0 Å². The van der Waals surface area contributed by atoms with Crippen molar-refractivity contribution < 1.29 is 13.2 Å². The van der Waals surface area contributed by atoms with Gasteiger partial charge >= 0.3 is 0 Å². The molecule has 2 rings (SSSR count). The Hall–Kier alpha value is -1.07. The van der Waals surface area contributed by atoms with Gasteiger partial charge in [0.1, 0.15) is 12.4 Å². The lowest BCUT2D eigenvalue weighted by Gasteiger charge is -2.28. The van der Waals surface area contributed by atoms with Crippen molar-refractivity contribution in [2.45, 2.75) is 37.5 Å². The summed E-state index contributed by atoms with van der Waals surface area (Å²) >= 11 is 0. The van der Waals surface area contributed by atoms with E-state index in [9.17, 15) is 8.42 Å². The zero-order valence-corrected chi connectivity index (χ0v) is 13.9. The number of sulfone groups is 1. The Balaban J connectivity index is 1.87. The van der Waals surface area contributed by atoms with E-state index in [1.807, 2.05) is 38.2 Å². The third kappa shape index (κ3) is 4.20. The average molecular weight is 311 g/mol. The van der Waals surface area contributed by atoms with Crippen LogP contribution in [-0.4, -0.2) is 51.1 Å². The summed E-state index contributed by atoms with van der Waals surface area (Å²) in [5.41, 5.74) is 1.12. The van der Waals surface area contributed by atoms with E-state index in [0.29, 0.717) is 6.61 Å². The smallest absolute Gasteiger partial charge is 0.151 e. The summed E-state index contributed by atoms with van der Waals surface area (Å²) in [6.45, 7) is 3.34. The molecule has 0 bridgehead atoms. The Morgan fingerprint density at radius 3 is 2.67 bits per heavy atom. The maximum atomic E-state index is 11.8. The van der Waals surface area contributed by atoms with Gasteiger partial charge in [-0.25, -0.2) is 8.42 Å². The van der Waals surface area contributed by atoms with E-state index in [4.69, 9.17) is 4.74 Å². The molecule has 4 nitrogen and oxygen atoms in total. The van der Waals surface area contributed by atoms with Crippen molar-refractivity contribution in [1.29, 1.82) is 0 Å². The molecule has 0 N–H and O–H groups in total. The fourth-order valence-electron chi connectivity index (χ4n) is 3.09. The molecule has 0 aliphatic heterocycles. The topological polar surface area (TPSA) is 46.6 Å². The normalized spacial score (nSPS) is 22.7. The molecule has 0 amide bonds. The number of rotatable bonds is 6. The van der Waals surface area contributed by atoms with Crippen molar-refractivity contribution in [3.8, 4) is 5.75 Å². The van der Waals surface area contributed by atoms with E-state index in [-0.39, 0.29) is 11.3 Å². The monoisotopic (exact) mass is 311 g/mol. The van der Waals surface area contributed by atoms with Crippen LogP contribution in [0.4, 0.5) is 0 Å². The maximum absolute atomic E-state index is 11.8. The number of aryl methyl sites for hydroxylation is 1. The van der Waals surface area contributed by atoms with E-state index in [2.05, 4.69) is 4.90 Å². The third-order valence-corrected chi connectivity index (χ3v) is 5.98. The zero-order valence-electron chi connectivity index (χ0n) is 13.1. The van der Waals surface area contributed by atoms with Gasteiger partial charge in [-0.1, -0.05) is 24.6 Å². The van der Waals surface area contributed by atoms with Gasteiger partial charge in [0, 0.05) is 18.8 Å². The Morgan fingerprint density at radius 2 is 2.00 bits per heavy atom. The van der Waals surface area contributed by atoms with Crippen LogP contribution in [0.15, 0.2) is 24.3 Å². The lowest BCUT2D eigenvalue weighted by molar-refractivity contribution is 0.193. The molecule has 0 heterocycles. The minimum absolute atomic E-state index is 0.125. The number of benzene rings is 1. The molecule has 2 atom stereocenters. The first kappa shape index (κ1) is 16.3. The van der Waals surface area contributed by atoms with Crippen molar-refractivity contribution in [1.82, 2.24) is 4.90 Å². The van der Waals surface area contributed by atoms with Gasteiger partial charge < -0.3 is 4.74 Å². The second kappa shape index (κ2) is 6.79. The van der Waals surface area contributed by atoms with E-state index in [0.717, 1.165) is 37.1 Å². The molecule has 1 aliphatic carbocycles. The van der Waals surface area contributed by atoms with Crippen molar-refractivity contribution in [2.24, 2.45) is 0 Å². The van der Waals surface area contributed by atoms with Gasteiger partial charge in [0.25, 0.3) is 0 Å². The van der Waals surface area contributed by atoms with Crippen LogP contribution in [0.3, 0.4) is 0 Å². The van der Waals surface area contributed by atoms with Gasteiger partial charge in [-0.2, -0.15) is 0 Å². The summed E-state index contributed by atoms with van der Waals surface area (Å²) in [5, 5.41) is -0.221. The molecule has 0 aromatic heterocycles. The highest BCUT2D eigenvalue weighted by molar-refractivity contribution is 7.91. The molecule has 1 saturated carbocycles. The standard InChI is InChI=1S/C16H25NO3S/c1-13-7-4-5-9-15(13)20-12-11-17(2)14-8-6-10-16(14)21(3,18)19/h4-5,7,9,14,16H,6,8,10-12H2,1-3H3/t14-,16-/m0/s1. The predicted octanol–water partition coefficient (Wildman–Crippen LogP) is 2.27. The van der Waals surface area contributed by atoms with Gasteiger partial charge in [-0.3, -0.25) is 4.90 Å². The van der Waals surface area contributed by atoms with Crippen molar-refractivity contribution in [2.75, 3.05) is 26.5 Å². The third-order valence-electron chi connectivity index (χ3n) is 4.33. The summed E-state index contributed by atoms with van der Waals surface area (Å²) in [5.74, 6) is 0.900. The Labute approximate surface area is 128 Å². The van der Waals surface area contributed by atoms with Crippen molar-refractivity contribution in [3.05, 3.63) is 29.8 Å². The number of ether oxygens (including phenoxy) is 1. The second-order valence-electron chi connectivity index (χ2n) is 5.96. The molecule has 0 radical (unpaired) electrons. The second-order valence-corrected chi connectivity index (χ2v) is 8.23. The lowest BCUT2D eigenvalue weighted by atomic mass is 10.2. The van der Waals surface area contributed by atoms with Gasteiger partial charge in [0.15, 0.2) is 9.84 Å². The van der Waals surface area contributed by atoms with Crippen LogP contribution < -0.4 is 4.74 Å². The van der Waals surface area contributed by atoms with Crippen LogP contribution in [0.1, 0.15) is 24.8 Å². The first-order valence-corrected chi connectivity index (χ1v) is 9.42. The molecular weight excluding hydrogens is 286 g/mol. The molecule has 21 heavy (non-hydrogen) atoms. The van der Waals surface area contributed by atoms with Crippen LogP contribution in [0, 0.1) is 6.92 Å². The number of nitrogens with zero attached hydrogens (tertiary/aromatic N) is 1. The van der Waals surface area contributed by atoms with Crippen LogP contribution in [-0.2, 0) is 9.84 Å². The average Bonchev–Trinajstić information content (AvgIpc) is 2.90. The number of hydrogen-bond donors (Lipinski definition) is 0. The quantitative estimate of drug-likeness (QED) is 0.808. The van der Waals surface area contributed by atoms with Crippen LogP contribution in [0.5, 0.6) is 5.75 Å². The minimum Gasteiger partial charge on any atom is -0.492 e. The van der Waals surface area contributed by atoms with Crippen LogP contribution in [0.2, 0.25) is 0 Å². The number of hydrogen-bond acceptors (Lipinski definition) is 4. The van der Waals surface area contributed by atoms with Gasteiger partial charge in [-0.15, -0.1) is 0 Å². The first-order valence-electron chi connectivity index (χ1n) is 7.47. The molecule has 1 aromatic rings. The van der Waals surface area contributed by atoms with E-state index in [1.165, 1.54) is 6.26 Å². The zero-order chi connectivity index (χ0) is 15.5. The maximum Gasteiger partial charge on any atom is 0.151 e. The highest BCUT2D eigenvalue weighted by Crippen LogP contribution is 2.28. The van der Waals surface area contributed by atoms with Crippen molar-refractivity contribution >= 4 is 9.84 Å². The molecule has 0 unspecified atom stereocenters. The Bertz CT molecular complexity index is 571. The molecule has 0 saturated heterocycles. The molecule has 1 fully saturated rings. The largest absolute Gasteiger partial charge is 0.492 e. The minimum atomic E-state index is -2.96. The van der Waals surface area contributed by atoms with Gasteiger partial charge in [0.2, 0.25) is 0 Å². The molecular formula is C16H25NO3S. The van der Waals surface area contributed by atoms with Gasteiger partial charge in [0.05, 0.1) is 5.25 Å². The van der Waals surface area contributed by atoms with Crippen molar-refractivity contribution in [3.63, 3.8) is 0 Å². The Kier molecular flexibility index (Phi) is 5.27. The predicted molar refractivity (Wildman–Crippen MR) is 85.6 cm³/mol. The Morgan fingerprint density at radius 1 is 1.29 bits per heavy atom. The molecule has 1 aliphatic rings. The molecule has 5 heteroatoms. The summed E-state index contributed by atoms with van der Waals surface area (Å²) in [4.78, 5) is 2.14. The molecule has 0 spiro atoms. The fourth-order valence-corrected chi connectivity index (χ4v) is 4.60. The summed E-state index contributed by atoms with van der Waals surface area (Å²) < 4.78 is 29.5. The molecule has 118 valence electrons.